The van der Waals surface area contributed by atoms with E-state index in [1.54, 1.807) is 10.9 Å². The predicted octanol–water partition coefficient (Wildman–Crippen LogP) is 2.50. The number of carbonyl (C=O) groups is 1. The quantitative estimate of drug-likeness (QED) is 0.745. The fourth-order valence-corrected chi connectivity index (χ4v) is 2.44. The minimum Gasteiger partial charge on any atom is -0.330 e. The van der Waals surface area contributed by atoms with Gasteiger partial charge in [-0.05, 0) is 41.6 Å². The van der Waals surface area contributed by atoms with Gasteiger partial charge in [0.1, 0.15) is 0 Å². The van der Waals surface area contributed by atoms with Gasteiger partial charge < -0.3 is 10.6 Å². The average molecular weight is 337 g/mol. The number of nitrogens with zero attached hydrogens (tertiary/aromatic N) is 5. The Kier molecular flexibility index (Phi) is 4.98. The van der Waals surface area contributed by atoms with E-state index in [1.807, 2.05) is 56.3 Å². The largest absolute Gasteiger partial charge is 0.330 e. The van der Waals surface area contributed by atoms with Gasteiger partial charge in [-0.2, -0.15) is 4.68 Å². The zero-order valence-corrected chi connectivity index (χ0v) is 14.0. The third-order valence-electron chi connectivity index (χ3n) is 3.71. The van der Waals surface area contributed by atoms with Gasteiger partial charge in [0.2, 0.25) is 0 Å². The van der Waals surface area contributed by atoms with Crippen molar-refractivity contribution in [2.75, 3.05) is 5.32 Å². The molecule has 3 aromatic rings. The molecule has 0 unspecified atom stereocenters. The Morgan fingerprint density at radius 1 is 1.20 bits per heavy atom. The standard InChI is InChI=1S/C17H19N7O/c1-3-16-21-22-23-24(16)15-10-5-4-9-14(15)20-17(25)19-12(2)13-8-6-7-11-18-13/h4-12H,3H2,1-2H3,(H2,19,20,25)/t12-/m0/s1. The van der Waals surface area contributed by atoms with Crippen molar-refractivity contribution in [2.24, 2.45) is 0 Å². The van der Waals surface area contributed by atoms with Gasteiger partial charge in [-0.25, -0.2) is 4.79 Å². The van der Waals surface area contributed by atoms with Gasteiger partial charge in [0, 0.05) is 12.6 Å². The van der Waals surface area contributed by atoms with Crippen molar-refractivity contribution < 1.29 is 4.79 Å². The van der Waals surface area contributed by atoms with Crippen LogP contribution in [0.5, 0.6) is 0 Å². The van der Waals surface area contributed by atoms with Crippen LogP contribution < -0.4 is 10.6 Å². The molecule has 2 aromatic heterocycles. The monoisotopic (exact) mass is 337 g/mol. The molecule has 1 atom stereocenters. The van der Waals surface area contributed by atoms with Crippen LogP contribution >= 0.6 is 0 Å². The van der Waals surface area contributed by atoms with Crippen LogP contribution in [0.4, 0.5) is 10.5 Å². The second-order valence-electron chi connectivity index (χ2n) is 5.45. The van der Waals surface area contributed by atoms with Crippen LogP contribution in [-0.4, -0.2) is 31.2 Å². The molecular weight excluding hydrogens is 318 g/mol. The number of anilines is 1. The first kappa shape index (κ1) is 16.6. The number of carbonyl (C=O) groups excluding carboxylic acids is 1. The molecule has 0 aliphatic carbocycles. The maximum Gasteiger partial charge on any atom is 0.319 e. The molecule has 2 N–H and O–H groups in total. The number of hydrogen-bond acceptors (Lipinski definition) is 5. The highest BCUT2D eigenvalue weighted by atomic mass is 16.2. The van der Waals surface area contributed by atoms with E-state index in [0.29, 0.717) is 17.8 Å². The molecule has 0 saturated carbocycles. The lowest BCUT2D eigenvalue weighted by molar-refractivity contribution is 0.249. The number of benzene rings is 1. The van der Waals surface area contributed by atoms with Crippen LogP contribution in [0.15, 0.2) is 48.7 Å². The minimum absolute atomic E-state index is 0.215. The van der Waals surface area contributed by atoms with E-state index in [-0.39, 0.29) is 12.1 Å². The molecular formula is C17H19N7O. The van der Waals surface area contributed by atoms with E-state index in [0.717, 1.165) is 11.5 Å². The van der Waals surface area contributed by atoms with E-state index in [1.165, 1.54) is 0 Å². The van der Waals surface area contributed by atoms with Crippen molar-refractivity contribution in [3.63, 3.8) is 0 Å². The molecule has 0 spiro atoms. The third kappa shape index (κ3) is 3.79. The Bertz CT molecular complexity index is 847. The number of urea groups is 1. The van der Waals surface area contributed by atoms with Crippen LogP contribution in [-0.2, 0) is 6.42 Å². The summed E-state index contributed by atoms with van der Waals surface area (Å²) in [6.07, 6.45) is 2.38. The maximum atomic E-state index is 12.4. The highest BCUT2D eigenvalue weighted by molar-refractivity contribution is 5.91. The Balaban J connectivity index is 1.76. The van der Waals surface area contributed by atoms with Crippen LogP contribution in [0.2, 0.25) is 0 Å². The summed E-state index contributed by atoms with van der Waals surface area (Å²) in [6.45, 7) is 3.85. The summed E-state index contributed by atoms with van der Waals surface area (Å²) >= 11 is 0. The van der Waals surface area contributed by atoms with E-state index in [4.69, 9.17) is 0 Å². The zero-order chi connectivity index (χ0) is 17.6. The normalized spacial score (nSPS) is 11.8. The van der Waals surface area contributed by atoms with Crippen molar-refractivity contribution >= 4 is 11.7 Å². The van der Waals surface area contributed by atoms with Gasteiger partial charge in [-0.3, -0.25) is 4.98 Å². The number of aromatic nitrogens is 5. The molecule has 8 heteroatoms. The van der Waals surface area contributed by atoms with Gasteiger partial charge >= 0.3 is 6.03 Å². The molecule has 128 valence electrons. The Morgan fingerprint density at radius 2 is 2.00 bits per heavy atom. The van der Waals surface area contributed by atoms with Gasteiger partial charge in [0.05, 0.1) is 23.1 Å². The highest BCUT2D eigenvalue weighted by Gasteiger charge is 2.14. The summed E-state index contributed by atoms with van der Waals surface area (Å²) in [5, 5.41) is 17.4. The van der Waals surface area contributed by atoms with Crippen LogP contribution in [0, 0.1) is 0 Å². The van der Waals surface area contributed by atoms with E-state index < -0.39 is 0 Å². The van der Waals surface area contributed by atoms with Crippen LogP contribution in [0.1, 0.15) is 31.4 Å². The second-order valence-corrected chi connectivity index (χ2v) is 5.45. The molecule has 3 rings (SSSR count). The smallest absolute Gasteiger partial charge is 0.319 e. The highest BCUT2D eigenvalue weighted by Crippen LogP contribution is 2.20. The minimum atomic E-state index is -0.322. The number of tetrazole rings is 1. The molecule has 0 aliphatic rings. The topological polar surface area (TPSA) is 97.6 Å². The number of hydrogen-bond donors (Lipinski definition) is 2. The molecule has 1 aromatic carbocycles. The molecule has 0 fully saturated rings. The molecule has 25 heavy (non-hydrogen) atoms. The third-order valence-corrected chi connectivity index (χ3v) is 3.71. The van der Waals surface area contributed by atoms with Crippen molar-refractivity contribution in [2.45, 2.75) is 26.3 Å². The van der Waals surface area contributed by atoms with Crippen molar-refractivity contribution in [3.8, 4) is 5.69 Å². The number of nitrogens with one attached hydrogen (secondary N) is 2. The first-order valence-corrected chi connectivity index (χ1v) is 8.04. The van der Waals surface area contributed by atoms with E-state index in [2.05, 4.69) is 31.1 Å². The lowest BCUT2D eigenvalue weighted by atomic mass is 10.2. The lowest BCUT2D eigenvalue weighted by Gasteiger charge is -2.16. The summed E-state index contributed by atoms with van der Waals surface area (Å²) in [5.41, 5.74) is 2.12. The summed E-state index contributed by atoms with van der Waals surface area (Å²) in [4.78, 5) is 16.6. The summed E-state index contributed by atoms with van der Waals surface area (Å²) < 4.78 is 1.62. The molecule has 2 heterocycles. The molecule has 0 saturated heterocycles. The summed E-state index contributed by atoms with van der Waals surface area (Å²) in [7, 11) is 0. The number of aryl methyl sites for hydroxylation is 1. The second kappa shape index (κ2) is 7.52. The molecule has 2 amide bonds. The van der Waals surface area contributed by atoms with E-state index >= 15 is 0 Å². The Morgan fingerprint density at radius 3 is 2.76 bits per heavy atom. The van der Waals surface area contributed by atoms with Gasteiger partial charge in [-0.1, -0.05) is 25.1 Å². The molecule has 0 bridgehead atoms. The van der Waals surface area contributed by atoms with E-state index in [9.17, 15) is 4.79 Å². The fraction of sp³-hybridized carbons (Fsp3) is 0.235. The molecule has 8 nitrogen and oxygen atoms in total. The number of para-hydroxylation sites is 2. The first-order chi connectivity index (χ1) is 12.2. The number of amides is 2. The van der Waals surface area contributed by atoms with Crippen molar-refractivity contribution in [1.29, 1.82) is 0 Å². The van der Waals surface area contributed by atoms with Gasteiger partial charge in [0.15, 0.2) is 5.82 Å². The van der Waals surface area contributed by atoms with Gasteiger partial charge in [-0.15, -0.1) is 5.10 Å². The molecule has 0 radical (unpaired) electrons. The average Bonchev–Trinajstić information content (AvgIpc) is 3.11. The number of rotatable bonds is 5. The number of pyridine rings is 1. The summed E-state index contributed by atoms with van der Waals surface area (Å²) in [5.74, 6) is 0.719. The zero-order valence-electron chi connectivity index (χ0n) is 14.0. The summed E-state index contributed by atoms with van der Waals surface area (Å²) in [6, 6.07) is 12.4. The van der Waals surface area contributed by atoms with Crippen molar-refractivity contribution in [3.05, 3.63) is 60.2 Å². The predicted molar refractivity (Wildman–Crippen MR) is 93.3 cm³/mol. The van der Waals surface area contributed by atoms with Crippen LogP contribution in [0.3, 0.4) is 0 Å². The maximum absolute atomic E-state index is 12.4. The Hall–Kier alpha value is -3.29. The fourth-order valence-electron chi connectivity index (χ4n) is 2.44. The van der Waals surface area contributed by atoms with Crippen LogP contribution in [0.25, 0.3) is 5.69 Å². The van der Waals surface area contributed by atoms with Gasteiger partial charge in [0.25, 0.3) is 0 Å². The van der Waals surface area contributed by atoms with Crippen molar-refractivity contribution in [1.82, 2.24) is 30.5 Å². The first-order valence-electron chi connectivity index (χ1n) is 8.04. The SMILES string of the molecule is CCc1nnnn1-c1ccccc1NC(=O)N[C@@H](C)c1ccccn1. The Labute approximate surface area is 145 Å². The lowest BCUT2D eigenvalue weighted by Crippen LogP contribution is -2.32. The molecule has 0 aliphatic heterocycles.